The van der Waals surface area contributed by atoms with Crippen LogP contribution in [0.2, 0.25) is 0 Å². The van der Waals surface area contributed by atoms with Crippen LogP contribution in [0.1, 0.15) is 18.9 Å². The highest BCUT2D eigenvalue weighted by atomic mass is 15.2. The zero-order chi connectivity index (χ0) is 12.4. The van der Waals surface area contributed by atoms with Gasteiger partial charge in [-0.2, -0.15) is 0 Å². The van der Waals surface area contributed by atoms with Crippen LogP contribution in [0.3, 0.4) is 0 Å². The summed E-state index contributed by atoms with van der Waals surface area (Å²) in [5, 5.41) is 3.52. The molecular formula is C16H24N2. The summed E-state index contributed by atoms with van der Waals surface area (Å²) >= 11 is 0. The summed E-state index contributed by atoms with van der Waals surface area (Å²) in [5.74, 6) is 1.82. The fourth-order valence-corrected chi connectivity index (χ4v) is 3.61. The molecule has 18 heavy (non-hydrogen) atoms. The van der Waals surface area contributed by atoms with E-state index in [-0.39, 0.29) is 0 Å². The molecule has 3 unspecified atom stereocenters. The molecule has 0 radical (unpaired) electrons. The van der Waals surface area contributed by atoms with Crippen molar-refractivity contribution in [1.29, 1.82) is 0 Å². The highest BCUT2D eigenvalue weighted by Gasteiger charge is 2.38. The maximum atomic E-state index is 3.52. The maximum absolute atomic E-state index is 3.52. The Labute approximate surface area is 110 Å². The molecular weight excluding hydrogens is 220 g/mol. The van der Waals surface area contributed by atoms with Crippen molar-refractivity contribution in [2.24, 2.45) is 11.8 Å². The van der Waals surface area contributed by atoms with Crippen molar-refractivity contribution in [2.45, 2.75) is 25.8 Å². The van der Waals surface area contributed by atoms with E-state index in [1.807, 2.05) is 0 Å². The lowest BCUT2D eigenvalue weighted by molar-refractivity contribution is 0.218. The van der Waals surface area contributed by atoms with Crippen molar-refractivity contribution in [1.82, 2.24) is 10.2 Å². The molecule has 2 aliphatic rings. The van der Waals surface area contributed by atoms with Gasteiger partial charge in [-0.1, -0.05) is 37.3 Å². The van der Waals surface area contributed by atoms with E-state index in [1.165, 1.54) is 44.6 Å². The van der Waals surface area contributed by atoms with E-state index in [4.69, 9.17) is 0 Å². The molecule has 98 valence electrons. The minimum Gasteiger partial charge on any atom is -0.316 e. The van der Waals surface area contributed by atoms with E-state index in [9.17, 15) is 0 Å². The Morgan fingerprint density at radius 3 is 2.44 bits per heavy atom. The van der Waals surface area contributed by atoms with E-state index < -0.39 is 0 Å². The molecule has 2 aliphatic heterocycles. The van der Waals surface area contributed by atoms with Crippen molar-refractivity contribution in [2.75, 3.05) is 26.2 Å². The Kier molecular flexibility index (Phi) is 3.67. The Hall–Kier alpha value is -0.860. The molecule has 2 saturated heterocycles. The smallest absolute Gasteiger partial charge is 0.0133 e. The Morgan fingerprint density at radius 1 is 1.17 bits per heavy atom. The lowest BCUT2D eigenvalue weighted by Gasteiger charge is -2.27. The molecule has 1 aromatic carbocycles. The van der Waals surface area contributed by atoms with Gasteiger partial charge in [0.2, 0.25) is 0 Å². The van der Waals surface area contributed by atoms with Crippen LogP contribution >= 0.6 is 0 Å². The van der Waals surface area contributed by atoms with E-state index in [0.29, 0.717) is 0 Å². The molecule has 1 N–H and O–H groups in total. The number of rotatable bonds is 4. The molecule has 0 aliphatic carbocycles. The summed E-state index contributed by atoms with van der Waals surface area (Å²) in [5.41, 5.74) is 1.49. The third kappa shape index (κ3) is 2.45. The number of hydrogen-bond donors (Lipinski definition) is 1. The van der Waals surface area contributed by atoms with Gasteiger partial charge in [0.15, 0.2) is 0 Å². The molecule has 0 bridgehead atoms. The first-order valence-corrected chi connectivity index (χ1v) is 7.35. The van der Waals surface area contributed by atoms with Crippen LogP contribution in [0.5, 0.6) is 0 Å². The van der Waals surface area contributed by atoms with E-state index in [1.54, 1.807) is 0 Å². The minimum atomic E-state index is 0.734. The topological polar surface area (TPSA) is 15.3 Å². The van der Waals surface area contributed by atoms with Gasteiger partial charge in [-0.05, 0) is 43.3 Å². The van der Waals surface area contributed by atoms with Gasteiger partial charge in [0.1, 0.15) is 0 Å². The summed E-state index contributed by atoms with van der Waals surface area (Å²) in [6.07, 6.45) is 2.48. The molecule has 0 spiro atoms. The van der Waals surface area contributed by atoms with Crippen molar-refractivity contribution >= 4 is 0 Å². The van der Waals surface area contributed by atoms with Crippen LogP contribution in [-0.2, 0) is 6.42 Å². The lowest BCUT2D eigenvalue weighted by Crippen LogP contribution is -2.36. The van der Waals surface area contributed by atoms with E-state index in [2.05, 4.69) is 47.5 Å². The summed E-state index contributed by atoms with van der Waals surface area (Å²) < 4.78 is 0. The number of fused-ring (bicyclic) bond motifs is 1. The second-order valence-corrected chi connectivity index (χ2v) is 5.88. The van der Waals surface area contributed by atoms with Crippen LogP contribution < -0.4 is 5.32 Å². The maximum Gasteiger partial charge on any atom is 0.0133 e. The van der Waals surface area contributed by atoms with Gasteiger partial charge in [-0.3, -0.25) is 4.90 Å². The first-order valence-electron chi connectivity index (χ1n) is 7.35. The first-order chi connectivity index (χ1) is 8.86. The predicted octanol–water partition coefficient (Wildman–Crippen LogP) is 2.16. The normalized spacial score (nSPS) is 29.4. The molecule has 0 aromatic heterocycles. The summed E-state index contributed by atoms with van der Waals surface area (Å²) in [4.78, 5) is 2.74. The standard InChI is InChI=1S/C16H24N2/c1-2-16(8-13-6-4-3-5-7-13)18-11-14-9-17-10-15(14)12-18/h3-7,14-17H,2,8-12H2,1H3. The highest BCUT2D eigenvalue weighted by Crippen LogP contribution is 2.29. The van der Waals surface area contributed by atoms with Crippen LogP contribution in [0, 0.1) is 11.8 Å². The van der Waals surface area contributed by atoms with Crippen molar-refractivity contribution in [3.05, 3.63) is 35.9 Å². The monoisotopic (exact) mass is 244 g/mol. The van der Waals surface area contributed by atoms with Gasteiger partial charge in [0.05, 0.1) is 0 Å². The summed E-state index contributed by atoms with van der Waals surface area (Å²) in [6, 6.07) is 11.7. The number of benzene rings is 1. The van der Waals surface area contributed by atoms with Crippen LogP contribution in [0.4, 0.5) is 0 Å². The molecule has 2 heteroatoms. The van der Waals surface area contributed by atoms with E-state index >= 15 is 0 Å². The highest BCUT2D eigenvalue weighted by molar-refractivity contribution is 5.16. The quantitative estimate of drug-likeness (QED) is 0.873. The zero-order valence-corrected chi connectivity index (χ0v) is 11.3. The van der Waals surface area contributed by atoms with Gasteiger partial charge in [0.25, 0.3) is 0 Å². The number of likely N-dealkylation sites (tertiary alicyclic amines) is 1. The Morgan fingerprint density at radius 2 is 1.83 bits per heavy atom. The van der Waals surface area contributed by atoms with Gasteiger partial charge in [-0.25, -0.2) is 0 Å². The van der Waals surface area contributed by atoms with Crippen molar-refractivity contribution in [3.8, 4) is 0 Å². The first kappa shape index (κ1) is 12.2. The number of nitrogens with one attached hydrogen (secondary N) is 1. The largest absolute Gasteiger partial charge is 0.316 e. The van der Waals surface area contributed by atoms with Crippen LogP contribution in [0.25, 0.3) is 0 Å². The summed E-state index contributed by atoms with van der Waals surface area (Å²) in [6.45, 7) is 7.43. The number of hydrogen-bond acceptors (Lipinski definition) is 2. The third-order valence-corrected chi connectivity index (χ3v) is 4.72. The summed E-state index contributed by atoms with van der Waals surface area (Å²) in [7, 11) is 0. The van der Waals surface area contributed by atoms with Gasteiger partial charge in [-0.15, -0.1) is 0 Å². The Balaban J connectivity index is 1.63. The molecule has 3 rings (SSSR count). The average molecular weight is 244 g/mol. The van der Waals surface area contributed by atoms with Gasteiger partial charge in [0, 0.05) is 19.1 Å². The minimum absolute atomic E-state index is 0.734. The molecule has 2 heterocycles. The lowest BCUT2D eigenvalue weighted by atomic mass is 10.0. The Bertz CT molecular complexity index is 364. The molecule has 0 saturated carbocycles. The van der Waals surface area contributed by atoms with Gasteiger partial charge >= 0.3 is 0 Å². The fraction of sp³-hybridized carbons (Fsp3) is 0.625. The predicted molar refractivity (Wildman–Crippen MR) is 75.6 cm³/mol. The van der Waals surface area contributed by atoms with Crippen molar-refractivity contribution < 1.29 is 0 Å². The van der Waals surface area contributed by atoms with Crippen molar-refractivity contribution in [3.63, 3.8) is 0 Å². The number of nitrogens with zero attached hydrogens (tertiary/aromatic N) is 1. The molecule has 2 fully saturated rings. The van der Waals surface area contributed by atoms with Crippen LogP contribution in [0.15, 0.2) is 30.3 Å². The van der Waals surface area contributed by atoms with E-state index in [0.717, 1.165) is 17.9 Å². The SMILES string of the molecule is CCC(Cc1ccccc1)N1CC2CNCC2C1. The molecule has 0 amide bonds. The second kappa shape index (κ2) is 5.41. The third-order valence-electron chi connectivity index (χ3n) is 4.72. The average Bonchev–Trinajstić information content (AvgIpc) is 2.98. The molecule has 2 nitrogen and oxygen atoms in total. The van der Waals surface area contributed by atoms with Gasteiger partial charge < -0.3 is 5.32 Å². The van der Waals surface area contributed by atoms with Crippen LogP contribution in [-0.4, -0.2) is 37.1 Å². The fourth-order valence-electron chi connectivity index (χ4n) is 3.61. The molecule has 3 atom stereocenters. The molecule has 1 aromatic rings. The second-order valence-electron chi connectivity index (χ2n) is 5.88. The zero-order valence-electron chi connectivity index (χ0n) is 11.3.